The van der Waals surface area contributed by atoms with Crippen molar-refractivity contribution in [3.63, 3.8) is 0 Å². The van der Waals surface area contributed by atoms with Crippen LogP contribution in [0.2, 0.25) is 0 Å². The van der Waals surface area contributed by atoms with E-state index in [0.717, 1.165) is 12.5 Å². The predicted molar refractivity (Wildman–Crippen MR) is 49.3 cm³/mol. The molecular formula is C9H23N. The van der Waals surface area contributed by atoms with Crippen LogP contribution in [-0.4, -0.2) is 13.6 Å². The van der Waals surface area contributed by atoms with Gasteiger partial charge in [0.15, 0.2) is 0 Å². The molecule has 0 unspecified atom stereocenters. The molecule has 0 amide bonds. The van der Waals surface area contributed by atoms with Crippen molar-refractivity contribution in [1.29, 1.82) is 0 Å². The van der Waals surface area contributed by atoms with Gasteiger partial charge in [-0.1, -0.05) is 34.1 Å². The first kappa shape index (κ1) is 12.6. The first-order valence-corrected chi connectivity index (χ1v) is 4.45. The molecule has 0 aromatic carbocycles. The Morgan fingerprint density at radius 1 is 1.30 bits per heavy atom. The van der Waals surface area contributed by atoms with Crippen LogP contribution in [0.4, 0.5) is 0 Å². The summed E-state index contributed by atoms with van der Waals surface area (Å²) in [4.78, 5) is 0. The predicted octanol–water partition coefficient (Wildman–Crippen LogP) is 2.67. The minimum absolute atomic E-state index is 0.852. The van der Waals surface area contributed by atoms with Crippen LogP contribution in [0.25, 0.3) is 0 Å². The van der Waals surface area contributed by atoms with Crippen molar-refractivity contribution in [1.82, 2.24) is 5.32 Å². The van der Waals surface area contributed by atoms with Crippen LogP contribution >= 0.6 is 0 Å². The molecule has 64 valence electrons. The highest BCUT2D eigenvalue weighted by molar-refractivity contribution is 4.52. The molecule has 1 N–H and O–H groups in total. The summed E-state index contributed by atoms with van der Waals surface area (Å²) >= 11 is 0. The normalized spacial score (nSPS) is 11.7. The lowest BCUT2D eigenvalue weighted by Crippen LogP contribution is -2.15. The minimum Gasteiger partial charge on any atom is -0.319 e. The van der Waals surface area contributed by atoms with Crippen molar-refractivity contribution in [3.05, 3.63) is 0 Å². The summed E-state index contributed by atoms with van der Waals surface area (Å²) in [5, 5.41) is 3.15. The molecule has 1 heteroatoms. The quantitative estimate of drug-likeness (QED) is 0.641. The molecule has 0 aliphatic carbocycles. The highest BCUT2D eigenvalue weighted by Gasteiger charge is 1.95. The molecule has 0 bridgehead atoms. The lowest BCUT2D eigenvalue weighted by molar-refractivity contribution is 0.498. The molecule has 0 spiro atoms. The zero-order valence-electron chi connectivity index (χ0n) is 8.20. The van der Waals surface area contributed by atoms with Crippen molar-refractivity contribution in [3.8, 4) is 0 Å². The van der Waals surface area contributed by atoms with E-state index in [-0.39, 0.29) is 0 Å². The van der Waals surface area contributed by atoms with E-state index in [4.69, 9.17) is 0 Å². The fourth-order valence-electron chi connectivity index (χ4n) is 0.943. The van der Waals surface area contributed by atoms with E-state index in [0.29, 0.717) is 0 Å². The molecule has 0 aliphatic rings. The molecule has 0 saturated heterocycles. The highest BCUT2D eigenvalue weighted by Crippen LogP contribution is 2.01. The maximum Gasteiger partial charge on any atom is -0.00262 e. The lowest BCUT2D eigenvalue weighted by Gasteiger charge is -2.06. The average molecular weight is 145 g/mol. The maximum atomic E-state index is 3.15. The third-order valence-electron chi connectivity index (χ3n) is 1.33. The first-order chi connectivity index (χ1) is 4.81. The van der Waals surface area contributed by atoms with Gasteiger partial charge in [-0.2, -0.15) is 0 Å². The molecule has 1 nitrogen and oxygen atoms in total. The minimum atomic E-state index is 0.852. The topological polar surface area (TPSA) is 12.0 Å². The van der Waals surface area contributed by atoms with Crippen molar-refractivity contribution in [2.45, 2.75) is 40.5 Å². The third kappa shape index (κ3) is 10.9. The van der Waals surface area contributed by atoms with E-state index >= 15 is 0 Å². The van der Waals surface area contributed by atoms with Crippen LogP contribution in [0, 0.1) is 5.92 Å². The molecule has 0 fully saturated rings. The van der Waals surface area contributed by atoms with Gasteiger partial charge >= 0.3 is 0 Å². The van der Waals surface area contributed by atoms with Gasteiger partial charge in [-0.05, 0) is 25.9 Å². The van der Waals surface area contributed by atoms with Crippen molar-refractivity contribution in [2.24, 2.45) is 5.92 Å². The van der Waals surface area contributed by atoms with Gasteiger partial charge < -0.3 is 5.32 Å². The van der Waals surface area contributed by atoms with Gasteiger partial charge in [-0.3, -0.25) is 0 Å². The fraction of sp³-hybridized carbons (Fsp3) is 1.00. The highest BCUT2D eigenvalue weighted by atomic mass is 14.8. The molecule has 10 heavy (non-hydrogen) atoms. The summed E-state index contributed by atoms with van der Waals surface area (Å²) in [7, 11) is 2.01. The molecule has 0 radical (unpaired) electrons. The zero-order chi connectivity index (χ0) is 8.41. The summed E-state index contributed by atoms with van der Waals surface area (Å²) < 4.78 is 0. The summed E-state index contributed by atoms with van der Waals surface area (Å²) in [6, 6.07) is 0. The van der Waals surface area contributed by atoms with Crippen molar-refractivity contribution in [2.75, 3.05) is 13.6 Å². The average Bonchev–Trinajstić information content (AvgIpc) is 1.93. The van der Waals surface area contributed by atoms with Crippen LogP contribution in [0.3, 0.4) is 0 Å². The Balaban J connectivity index is 0. The summed E-state index contributed by atoms with van der Waals surface area (Å²) in [6.45, 7) is 9.67. The molecule has 0 aliphatic heterocycles. The van der Waals surface area contributed by atoms with E-state index in [1.54, 1.807) is 0 Å². The largest absolute Gasteiger partial charge is 0.319 e. The Morgan fingerprint density at radius 3 is 2.10 bits per heavy atom. The van der Waals surface area contributed by atoms with E-state index in [1.807, 2.05) is 20.9 Å². The van der Waals surface area contributed by atoms with Crippen LogP contribution in [0.5, 0.6) is 0 Å². The first-order valence-electron chi connectivity index (χ1n) is 4.45. The Hall–Kier alpha value is -0.0400. The summed E-state index contributed by atoms with van der Waals surface area (Å²) in [5.74, 6) is 0.852. The van der Waals surface area contributed by atoms with Gasteiger partial charge in [0, 0.05) is 0 Å². The van der Waals surface area contributed by atoms with Crippen molar-refractivity contribution >= 4 is 0 Å². The van der Waals surface area contributed by atoms with Crippen LogP contribution < -0.4 is 5.32 Å². The van der Waals surface area contributed by atoms with Gasteiger partial charge in [-0.25, -0.2) is 0 Å². The van der Waals surface area contributed by atoms with Crippen LogP contribution in [0.15, 0.2) is 0 Å². The number of hydrogen-bond acceptors (Lipinski definition) is 1. The molecule has 0 aromatic heterocycles. The number of nitrogens with one attached hydrogen (secondary N) is 1. The number of rotatable bonds is 4. The monoisotopic (exact) mass is 145 g/mol. The van der Waals surface area contributed by atoms with Crippen LogP contribution in [0.1, 0.15) is 40.5 Å². The van der Waals surface area contributed by atoms with E-state index < -0.39 is 0 Å². The Kier molecular flexibility index (Phi) is 14.8. The van der Waals surface area contributed by atoms with E-state index in [2.05, 4.69) is 19.2 Å². The maximum absolute atomic E-state index is 3.15. The van der Waals surface area contributed by atoms with Gasteiger partial charge in [0.2, 0.25) is 0 Å². The summed E-state index contributed by atoms with van der Waals surface area (Å²) in [6.07, 6.45) is 2.66. The lowest BCUT2D eigenvalue weighted by atomic mass is 10.1. The van der Waals surface area contributed by atoms with Crippen LogP contribution in [-0.2, 0) is 0 Å². The Bertz CT molecular complexity index is 38.0. The van der Waals surface area contributed by atoms with Gasteiger partial charge in [-0.15, -0.1) is 0 Å². The molecular weight excluding hydrogens is 122 g/mol. The third-order valence-corrected chi connectivity index (χ3v) is 1.33. The Morgan fingerprint density at radius 2 is 1.80 bits per heavy atom. The molecule has 0 rings (SSSR count). The summed E-state index contributed by atoms with van der Waals surface area (Å²) in [5.41, 5.74) is 0. The standard InChI is InChI=1S/C7H17N.C2H6/c1-4-5-7(2)6-8-3;1-2/h7-8H,4-6H2,1-3H3;1-2H3/t7-;/m0./s1. The number of hydrogen-bond donors (Lipinski definition) is 1. The van der Waals surface area contributed by atoms with E-state index in [9.17, 15) is 0 Å². The Labute approximate surface area is 66.2 Å². The fourth-order valence-corrected chi connectivity index (χ4v) is 0.943. The second kappa shape index (κ2) is 11.7. The van der Waals surface area contributed by atoms with Gasteiger partial charge in [0.05, 0.1) is 0 Å². The molecule has 1 atom stereocenters. The second-order valence-electron chi connectivity index (χ2n) is 2.45. The SMILES string of the molecule is CC.CCC[C@H](C)CNC. The van der Waals surface area contributed by atoms with E-state index in [1.165, 1.54) is 12.8 Å². The zero-order valence-corrected chi connectivity index (χ0v) is 8.20. The second-order valence-corrected chi connectivity index (χ2v) is 2.45. The molecule has 0 saturated carbocycles. The van der Waals surface area contributed by atoms with Gasteiger partial charge in [0.25, 0.3) is 0 Å². The molecule has 0 aromatic rings. The molecule has 0 heterocycles. The van der Waals surface area contributed by atoms with Crippen molar-refractivity contribution < 1.29 is 0 Å². The smallest absolute Gasteiger partial charge is 0.00262 e. The van der Waals surface area contributed by atoms with Gasteiger partial charge in [0.1, 0.15) is 0 Å².